The number of nitrogens with two attached hydrogens (primary N) is 2. The van der Waals surface area contributed by atoms with E-state index in [1.165, 1.54) is 4.68 Å². The molecule has 2 aromatic rings. The standard InChI is InChI=1S/C12H15N5O/c1-7-10(11(12(14)18)17(2)16-7)15-9-6-4-3-5-8(9)13/h3-6,15H,13H2,1-2H3,(H2,14,18). The second-order valence-electron chi connectivity index (χ2n) is 4.01. The fourth-order valence-corrected chi connectivity index (χ4v) is 1.84. The average molecular weight is 245 g/mol. The van der Waals surface area contributed by atoms with Crippen molar-refractivity contribution in [2.24, 2.45) is 12.8 Å². The van der Waals surface area contributed by atoms with Crippen LogP contribution < -0.4 is 16.8 Å². The Morgan fingerprint density at radius 3 is 2.67 bits per heavy atom. The number of aryl methyl sites for hydroxylation is 2. The largest absolute Gasteiger partial charge is 0.397 e. The molecule has 0 fully saturated rings. The number of para-hydroxylation sites is 2. The molecular weight excluding hydrogens is 230 g/mol. The summed E-state index contributed by atoms with van der Waals surface area (Å²) >= 11 is 0. The van der Waals surface area contributed by atoms with Gasteiger partial charge in [0, 0.05) is 7.05 Å². The summed E-state index contributed by atoms with van der Waals surface area (Å²) in [5.74, 6) is -0.532. The van der Waals surface area contributed by atoms with E-state index >= 15 is 0 Å². The highest BCUT2D eigenvalue weighted by Gasteiger charge is 2.18. The number of nitrogens with zero attached hydrogens (tertiary/aromatic N) is 2. The van der Waals surface area contributed by atoms with Gasteiger partial charge in [-0.1, -0.05) is 12.1 Å². The van der Waals surface area contributed by atoms with Crippen molar-refractivity contribution >= 4 is 23.0 Å². The Balaban J connectivity index is 2.47. The number of aromatic nitrogens is 2. The van der Waals surface area contributed by atoms with E-state index in [-0.39, 0.29) is 0 Å². The van der Waals surface area contributed by atoms with E-state index in [2.05, 4.69) is 10.4 Å². The summed E-state index contributed by atoms with van der Waals surface area (Å²) < 4.78 is 1.46. The third-order valence-corrected chi connectivity index (χ3v) is 2.68. The van der Waals surface area contributed by atoms with Crippen LogP contribution in [0.15, 0.2) is 24.3 Å². The predicted molar refractivity (Wildman–Crippen MR) is 70.6 cm³/mol. The van der Waals surface area contributed by atoms with Gasteiger partial charge >= 0.3 is 0 Å². The fraction of sp³-hybridized carbons (Fsp3) is 0.167. The van der Waals surface area contributed by atoms with Crippen LogP contribution in [0.2, 0.25) is 0 Å². The minimum atomic E-state index is -0.532. The normalized spacial score (nSPS) is 10.3. The smallest absolute Gasteiger partial charge is 0.269 e. The summed E-state index contributed by atoms with van der Waals surface area (Å²) in [7, 11) is 1.67. The van der Waals surface area contributed by atoms with Gasteiger partial charge in [0.05, 0.1) is 22.8 Å². The van der Waals surface area contributed by atoms with Gasteiger partial charge in [-0.25, -0.2) is 0 Å². The molecule has 1 aromatic heterocycles. The first-order valence-corrected chi connectivity index (χ1v) is 5.45. The summed E-state index contributed by atoms with van der Waals surface area (Å²) in [6.45, 7) is 1.80. The Labute approximate surface area is 105 Å². The molecule has 0 bridgehead atoms. The number of carbonyl (C=O) groups excluding carboxylic acids is 1. The van der Waals surface area contributed by atoms with Crippen molar-refractivity contribution in [3.8, 4) is 0 Å². The molecule has 0 unspecified atom stereocenters. The maximum Gasteiger partial charge on any atom is 0.269 e. The molecule has 0 aliphatic heterocycles. The lowest BCUT2D eigenvalue weighted by molar-refractivity contribution is 0.0992. The highest BCUT2D eigenvalue weighted by atomic mass is 16.1. The SMILES string of the molecule is Cc1nn(C)c(C(N)=O)c1Nc1ccccc1N. The van der Waals surface area contributed by atoms with E-state index < -0.39 is 5.91 Å². The van der Waals surface area contributed by atoms with Gasteiger partial charge in [0.15, 0.2) is 0 Å². The van der Waals surface area contributed by atoms with Crippen molar-refractivity contribution in [2.75, 3.05) is 11.1 Å². The second-order valence-corrected chi connectivity index (χ2v) is 4.01. The molecule has 94 valence electrons. The Hall–Kier alpha value is -2.50. The van der Waals surface area contributed by atoms with E-state index in [0.29, 0.717) is 22.8 Å². The quantitative estimate of drug-likeness (QED) is 0.706. The first kappa shape index (κ1) is 12.0. The van der Waals surface area contributed by atoms with Gasteiger partial charge in [-0.05, 0) is 19.1 Å². The van der Waals surface area contributed by atoms with Crippen molar-refractivity contribution < 1.29 is 4.79 Å². The van der Waals surface area contributed by atoms with Gasteiger partial charge in [0.25, 0.3) is 5.91 Å². The Kier molecular flexibility index (Phi) is 2.93. The Morgan fingerprint density at radius 2 is 2.06 bits per heavy atom. The molecule has 18 heavy (non-hydrogen) atoms. The van der Waals surface area contributed by atoms with E-state index in [1.54, 1.807) is 20.0 Å². The summed E-state index contributed by atoms with van der Waals surface area (Å²) in [6, 6.07) is 7.30. The summed E-state index contributed by atoms with van der Waals surface area (Å²) in [5.41, 5.74) is 14.1. The summed E-state index contributed by atoms with van der Waals surface area (Å²) in [4.78, 5) is 11.4. The number of amides is 1. The van der Waals surface area contributed by atoms with E-state index in [1.807, 2.05) is 18.2 Å². The number of benzene rings is 1. The van der Waals surface area contributed by atoms with E-state index in [0.717, 1.165) is 5.69 Å². The monoisotopic (exact) mass is 245 g/mol. The topological polar surface area (TPSA) is 99.0 Å². The molecule has 0 saturated carbocycles. The molecule has 2 rings (SSSR count). The van der Waals surface area contributed by atoms with Crippen LogP contribution in [0, 0.1) is 6.92 Å². The van der Waals surface area contributed by atoms with Gasteiger partial charge < -0.3 is 16.8 Å². The lowest BCUT2D eigenvalue weighted by atomic mass is 10.2. The lowest BCUT2D eigenvalue weighted by Gasteiger charge is -2.09. The number of nitrogens with one attached hydrogen (secondary N) is 1. The molecule has 6 nitrogen and oxygen atoms in total. The van der Waals surface area contributed by atoms with Crippen molar-refractivity contribution in [3.63, 3.8) is 0 Å². The second kappa shape index (κ2) is 4.40. The fourth-order valence-electron chi connectivity index (χ4n) is 1.84. The highest BCUT2D eigenvalue weighted by Crippen LogP contribution is 2.27. The van der Waals surface area contributed by atoms with Gasteiger partial charge in [-0.15, -0.1) is 0 Å². The van der Waals surface area contributed by atoms with E-state index in [4.69, 9.17) is 11.5 Å². The van der Waals surface area contributed by atoms with Crippen LogP contribution in [0.4, 0.5) is 17.1 Å². The molecule has 0 radical (unpaired) electrons. The van der Waals surface area contributed by atoms with Gasteiger partial charge in [0.2, 0.25) is 0 Å². The number of primary amides is 1. The number of rotatable bonds is 3. The predicted octanol–water partition coefficient (Wildman–Crippen LogP) is 1.15. The van der Waals surface area contributed by atoms with Crippen LogP contribution >= 0.6 is 0 Å². The maximum atomic E-state index is 11.4. The number of nitrogen functional groups attached to an aromatic ring is 1. The van der Waals surface area contributed by atoms with Crippen LogP contribution in [-0.4, -0.2) is 15.7 Å². The zero-order valence-corrected chi connectivity index (χ0v) is 10.3. The van der Waals surface area contributed by atoms with Gasteiger partial charge in [0.1, 0.15) is 5.69 Å². The first-order valence-electron chi connectivity index (χ1n) is 5.45. The zero-order valence-electron chi connectivity index (χ0n) is 10.3. The first-order chi connectivity index (χ1) is 8.50. The van der Waals surface area contributed by atoms with Crippen LogP contribution in [0.1, 0.15) is 16.2 Å². The third-order valence-electron chi connectivity index (χ3n) is 2.68. The summed E-state index contributed by atoms with van der Waals surface area (Å²) in [6.07, 6.45) is 0. The average Bonchev–Trinajstić information content (AvgIpc) is 2.57. The molecule has 6 heteroatoms. The number of carbonyl (C=O) groups is 1. The third kappa shape index (κ3) is 2.00. The number of hydrogen-bond donors (Lipinski definition) is 3. The molecule has 0 aliphatic rings. The molecule has 0 spiro atoms. The van der Waals surface area contributed by atoms with Crippen LogP contribution in [0.3, 0.4) is 0 Å². The van der Waals surface area contributed by atoms with Crippen LogP contribution in [0.5, 0.6) is 0 Å². The molecule has 1 amide bonds. The van der Waals surface area contributed by atoms with E-state index in [9.17, 15) is 4.79 Å². The van der Waals surface area contributed by atoms with Crippen molar-refractivity contribution in [1.82, 2.24) is 9.78 Å². The zero-order chi connectivity index (χ0) is 13.3. The molecular formula is C12H15N5O. The molecule has 1 aromatic carbocycles. The minimum Gasteiger partial charge on any atom is -0.397 e. The van der Waals surface area contributed by atoms with Crippen LogP contribution in [-0.2, 0) is 7.05 Å². The van der Waals surface area contributed by atoms with Crippen LogP contribution in [0.25, 0.3) is 0 Å². The maximum absolute atomic E-state index is 11.4. The molecule has 0 atom stereocenters. The summed E-state index contributed by atoms with van der Waals surface area (Å²) in [5, 5.41) is 7.27. The highest BCUT2D eigenvalue weighted by molar-refractivity contribution is 5.98. The number of anilines is 3. The molecule has 1 heterocycles. The Morgan fingerprint density at radius 1 is 1.39 bits per heavy atom. The molecule has 5 N–H and O–H groups in total. The molecule has 0 saturated heterocycles. The Bertz CT molecular complexity index is 603. The lowest BCUT2D eigenvalue weighted by Crippen LogP contribution is -2.17. The van der Waals surface area contributed by atoms with Gasteiger partial charge in [-0.2, -0.15) is 5.10 Å². The van der Waals surface area contributed by atoms with Crippen molar-refractivity contribution in [3.05, 3.63) is 35.7 Å². The number of hydrogen-bond acceptors (Lipinski definition) is 4. The minimum absolute atomic E-state index is 0.329. The van der Waals surface area contributed by atoms with Gasteiger partial charge in [-0.3, -0.25) is 9.48 Å². The molecule has 0 aliphatic carbocycles. The van der Waals surface area contributed by atoms with Crippen molar-refractivity contribution in [2.45, 2.75) is 6.92 Å². The van der Waals surface area contributed by atoms with Crippen molar-refractivity contribution in [1.29, 1.82) is 0 Å².